The van der Waals surface area contributed by atoms with E-state index >= 15 is 0 Å². The van der Waals surface area contributed by atoms with E-state index in [0.29, 0.717) is 13.1 Å². The predicted octanol–water partition coefficient (Wildman–Crippen LogP) is 1.94. The largest absolute Gasteiger partial charge is 0.351 e. The minimum Gasteiger partial charge on any atom is -0.351 e. The number of benzene rings is 2. The molecule has 0 saturated heterocycles. The number of rotatable bonds is 5. The maximum absolute atomic E-state index is 11.6. The van der Waals surface area contributed by atoms with Crippen molar-refractivity contribution in [3.8, 4) is 11.8 Å². The van der Waals surface area contributed by atoms with Crippen LogP contribution < -0.4 is 10.6 Å². The van der Waals surface area contributed by atoms with E-state index in [0.717, 1.165) is 11.1 Å². The summed E-state index contributed by atoms with van der Waals surface area (Å²) in [5, 5.41) is 5.86. The highest BCUT2D eigenvalue weighted by Crippen LogP contribution is 1.96. The van der Waals surface area contributed by atoms with Gasteiger partial charge in [-0.1, -0.05) is 60.4 Å². The fraction of sp³-hybridized carbons (Fsp3) is 0.167. The first kappa shape index (κ1) is 14.8. The van der Waals surface area contributed by atoms with Crippen molar-refractivity contribution < 1.29 is 4.79 Å². The number of carbonyl (C=O) groups is 1. The Balaban J connectivity index is 1.63. The number of hydrogen-bond donors (Lipinski definition) is 2. The van der Waals surface area contributed by atoms with E-state index in [1.54, 1.807) is 0 Å². The van der Waals surface area contributed by atoms with Crippen molar-refractivity contribution in [3.05, 3.63) is 71.8 Å². The van der Waals surface area contributed by atoms with Gasteiger partial charge in [0.1, 0.15) is 0 Å². The van der Waals surface area contributed by atoms with Crippen LogP contribution in [0.1, 0.15) is 11.1 Å². The van der Waals surface area contributed by atoms with Gasteiger partial charge < -0.3 is 5.32 Å². The summed E-state index contributed by atoms with van der Waals surface area (Å²) >= 11 is 0. The van der Waals surface area contributed by atoms with E-state index in [4.69, 9.17) is 0 Å². The van der Waals surface area contributed by atoms with Gasteiger partial charge >= 0.3 is 0 Å². The van der Waals surface area contributed by atoms with Gasteiger partial charge in [-0.15, -0.1) is 0 Å². The molecule has 3 nitrogen and oxygen atoms in total. The van der Waals surface area contributed by atoms with Crippen molar-refractivity contribution >= 4 is 5.91 Å². The summed E-state index contributed by atoms with van der Waals surface area (Å²) in [6.45, 7) is 1.32. The Morgan fingerprint density at radius 3 is 2.33 bits per heavy atom. The smallest absolute Gasteiger partial charge is 0.234 e. The molecular formula is C18H18N2O. The molecule has 0 saturated carbocycles. The lowest BCUT2D eigenvalue weighted by molar-refractivity contribution is -0.120. The highest BCUT2D eigenvalue weighted by atomic mass is 16.1. The van der Waals surface area contributed by atoms with Gasteiger partial charge in [0.05, 0.1) is 13.1 Å². The number of carbonyl (C=O) groups excluding carboxylic acids is 1. The SMILES string of the molecule is O=C(CNCC#Cc1ccccc1)NCc1ccccc1. The fourth-order valence-electron chi connectivity index (χ4n) is 1.77. The molecule has 0 atom stereocenters. The zero-order valence-electron chi connectivity index (χ0n) is 11.8. The molecule has 0 fully saturated rings. The molecule has 0 aliphatic rings. The first-order valence-corrected chi connectivity index (χ1v) is 6.90. The van der Waals surface area contributed by atoms with Crippen LogP contribution in [0.25, 0.3) is 0 Å². The fourth-order valence-corrected chi connectivity index (χ4v) is 1.77. The highest BCUT2D eigenvalue weighted by Gasteiger charge is 1.99. The zero-order valence-corrected chi connectivity index (χ0v) is 11.8. The van der Waals surface area contributed by atoms with Gasteiger partial charge in [0.25, 0.3) is 0 Å². The summed E-state index contributed by atoms with van der Waals surface area (Å²) in [6.07, 6.45) is 0. The average molecular weight is 278 g/mol. The van der Waals surface area contributed by atoms with Crippen LogP contribution in [0.4, 0.5) is 0 Å². The molecule has 0 aliphatic heterocycles. The van der Waals surface area contributed by atoms with Crippen LogP contribution in [-0.2, 0) is 11.3 Å². The highest BCUT2D eigenvalue weighted by molar-refractivity contribution is 5.78. The zero-order chi connectivity index (χ0) is 14.8. The van der Waals surface area contributed by atoms with E-state index in [-0.39, 0.29) is 12.5 Å². The van der Waals surface area contributed by atoms with Gasteiger partial charge in [-0.05, 0) is 17.7 Å². The van der Waals surface area contributed by atoms with E-state index in [9.17, 15) is 4.79 Å². The third-order valence-corrected chi connectivity index (χ3v) is 2.84. The second-order valence-electron chi connectivity index (χ2n) is 4.53. The second-order valence-corrected chi connectivity index (χ2v) is 4.53. The number of hydrogen-bond acceptors (Lipinski definition) is 2. The lowest BCUT2D eigenvalue weighted by Crippen LogP contribution is -2.33. The Kier molecular flexibility index (Phi) is 6.05. The summed E-state index contributed by atoms with van der Waals surface area (Å²) in [5.74, 6) is 5.99. The molecule has 2 rings (SSSR count). The van der Waals surface area contributed by atoms with Crippen LogP contribution in [0.2, 0.25) is 0 Å². The average Bonchev–Trinajstić information content (AvgIpc) is 2.54. The molecule has 2 N–H and O–H groups in total. The maximum Gasteiger partial charge on any atom is 0.234 e. The van der Waals surface area contributed by atoms with E-state index in [1.165, 1.54) is 0 Å². The molecule has 0 unspecified atom stereocenters. The molecule has 0 spiro atoms. The molecule has 2 aromatic rings. The van der Waals surface area contributed by atoms with Crippen LogP contribution in [0, 0.1) is 11.8 Å². The lowest BCUT2D eigenvalue weighted by atomic mass is 10.2. The third kappa shape index (κ3) is 5.94. The van der Waals surface area contributed by atoms with Gasteiger partial charge in [0, 0.05) is 12.1 Å². The second kappa shape index (κ2) is 8.57. The molecule has 0 radical (unpaired) electrons. The molecular weight excluding hydrogens is 260 g/mol. The minimum absolute atomic E-state index is 0.0274. The topological polar surface area (TPSA) is 41.1 Å². The molecule has 3 heteroatoms. The third-order valence-electron chi connectivity index (χ3n) is 2.84. The van der Waals surface area contributed by atoms with Gasteiger partial charge in [0.2, 0.25) is 5.91 Å². The van der Waals surface area contributed by atoms with E-state index in [1.807, 2.05) is 60.7 Å². The van der Waals surface area contributed by atoms with E-state index in [2.05, 4.69) is 22.5 Å². The first-order chi connectivity index (χ1) is 10.3. The van der Waals surface area contributed by atoms with Crippen LogP contribution in [0.5, 0.6) is 0 Å². The van der Waals surface area contributed by atoms with E-state index < -0.39 is 0 Å². The molecule has 21 heavy (non-hydrogen) atoms. The van der Waals surface area contributed by atoms with Crippen LogP contribution in [-0.4, -0.2) is 19.0 Å². The monoisotopic (exact) mass is 278 g/mol. The quantitative estimate of drug-likeness (QED) is 0.648. The van der Waals surface area contributed by atoms with Crippen molar-refractivity contribution in [2.75, 3.05) is 13.1 Å². The van der Waals surface area contributed by atoms with Gasteiger partial charge in [0.15, 0.2) is 0 Å². The van der Waals surface area contributed by atoms with Gasteiger partial charge in [-0.25, -0.2) is 0 Å². The predicted molar refractivity (Wildman–Crippen MR) is 84.5 cm³/mol. The Labute approximate surface area is 125 Å². The normalized spacial score (nSPS) is 9.52. The van der Waals surface area contributed by atoms with Crippen molar-refractivity contribution in [1.29, 1.82) is 0 Å². The summed E-state index contributed by atoms with van der Waals surface area (Å²) in [4.78, 5) is 11.6. The Morgan fingerprint density at radius 1 is 0.952 bits per heavy atom. The van der Waals surface area contributed by atoms with Crippen molar-refractivity contribution in [1.82, 2.24) is 10.6 Å². The maximum atomic E-state index is 11.6. The van der Waals surface area contributed by atoms with Gasteiger partial charge in [-0.3, -0.25) is 10.1 Å². The van der Waals surface area contributed by atoms with Crippen LogP contribution in [0.15, 0.2) is 60.7 Å². The molecule has 0 aliphatic carbocycles. The van der Waals surface area contributed by atoms with Crippen molar-refractivity contribution in [2.24, 2.45) is 0 Å². The Morgan fingerprint density at radius 2 is 1.62 bits per heavy atom. The summed E-state index contributed by atoms with van der Waals surface area (Å²) < 4.78 is 0. The molecule has 106 valence electrons. The number of nitrogens with one attached hydrogen (secondary N) is 2. The molecule has 0 heterocycles. The molecule has 2 aromatic carbocycles. The van der Waals surface area contributed by atoms with Crippen LogP contribution >= 0.6 is 0 Å². The first-order valence-electron chi connectivity index (χ1n) is 6.90. The van der Waals surface area contributed by atoms with Crippen LogP contribution in [0.3, 0.4) is 0 Å². The summed E-state index contributed by atoms with van der Waals surface area (Å²) in [6, 6.07) is 19.6. The molecule has 0 aromatic heterocycles. The standard InChI is InChI=1S/C18H18N2O/c21-18(20-14-17-10-5-2-6-11-17)15-19-13-7-12-16-8-3-1-4-9-16/h1-6,8-11,19H,13-15H2,(H,20,21). The Bertz CT molecular complexity index is 612. The molecule has 0 bridgehead atoms. The van der Waals surface area contributed by atoms with Gasteiger partial charge in [-0.2, -0.15) is 0 Å². The Hall–Kier alpha value is -2.57. The summed E-state index contributed by atoms with van der Waals surface area (Å²) in [5.41, 5.74) is 2.07. The lowest BCUT2D eigenvalue weighted by Gasteiger charge is -2.05. The summed E-state index contributed by atoms with van der Waals surface area (Å²) in [7, 11) is 0. The minimum atomic E-state index is -0.0274. The molecule has 1 amide bonds. The van der Waals surface area contributed by atoms with Crippen molar-refractivity contribution in [3.63, 3.8) is 0 Å². The number of amides is 1. The van der Waals surface area contributed by atoms with Crippen molar-refractivity contribution in [2.45, 2.75) is 6.54 Å².